The van der Waals surface area contributed by atoms with E-state index in [4.69, 9.17) is 27.9 Å². The molecule has 5 heteroatoms. The minimum atomic E-state index is 0. The molecule has 0 aromatic carbocycles. The number of hydrogen-bond acceptors (Lipinski definition) is 2. The summed E-state index contributed by atoms with van der Waals surface area (Å²) in [6.45, 7) is 2.16. The lowest BCUT2D eigenvalue weighted by atomic mass is 10.4. The van der Waals surface area contributed by atoms with Gasteiger partial charge in [0.2, 0.25) is 0 Å². The van der Waals surface area contributed by atoms with Crippen LogP contribution in [0.5, 0.6) is 0 Å². The van der Waals surface area contributed by atoms with Crippen molar-refractivity contribution >= 4 is 35.6 Å². The van der Waals surface area contributed by atoms with Gasteiger partial charge in [0.25, 0.3) is 0 Å². The number of ether oxygens (including phenoxy) is 1. The molecule has 1 aliphatic rings. The Labute approximate surface area is 75.9 Å². The topological polar surface area (TPSA) is 21.3 Å². The molecule has 1 saturated heterocycles. The molecule has 1 aliphatic heterocycles. The number of halogens is 3. The van der Waals surface area contributed by atoms with E-state index >= 15 is 0 Å². The summed E-state index contributed by atoms with van der Waals surface area (Å²) in [6.07, 6.45) is 0. The lowest BCUT2D eigenvalue weighted by Crippen LogP contribution is -2.29. The first-order chi connectivity index (χ1) is 4.30. The molecule has 0 bridgehead atoms. The van der Waals surface area contributed by atoms with Crippen LogP contribution in [0, 0.1) is 0 Å². The van der Waals surface area contributed by atoms with Gasteiger partial charge in [-0.15, -0.1) is 12.4 Å². The zero-order valence-electron chi connectivity index (χ0n) is 5.19. The van der Waals surface area contributed by atoms with Gasteiger partial charge in [0.05, 0.1) is 6.54 Å². The Morgan fingerprint density at radius 1 is 1.50 bits per heavy atom. The average Bonchev–Trinajstić information content (AvgIpc) is 1.90. The molecule has 0 aromatic heterocycles. The van der Waals surface area contributed by atoms with Gasteiger partial charge in [0.1, 0.15) is 16.9 Å². The highest BCUT2D eigenvalue weighted by Gasteiger charge is 2.07. The Balaban J connectivity index is 0.000000810. The van der Waals surface area contributed by atoms with Crippen LogP contribution >= 0.6 is 35.6 Å². The zero-order chi connectivity index (χ0) is 6.69. The van der Waals surface area contributed by atoms with Crippen molar-refractivity contribution < 1.29 is 4.74 Å². The third-order valence-electron chi connectivity index (χ3n) is 1.05. The summed E-state index contributed by atoms with van der Waals surface area (Å²) < 4.78 is 5.32. The van der Waals surface area contributed by atoms with E-state index in [1.54, 1.807) is 0 Å². The van der Waals surface area contributed by atoms with Gasteiger partial charge in [-0.1, -0.05) is 23.2 Å². The molecular weight excluding hydrogens is 196 g/mol. The van der Waals surface area contributed by atoms with Gasteiger partial charge < -0.3 is 10.1 Å². The second kappa shape index (κ2) is 5.08. The van der Waals surface area contributed by atoms with Crippen LogP contribution in [0.3, 0.4) is 0 Å². The first-order valence-corrected chi connectivity index (χ1v) is 3.44. The largest absolute Gasteiger partial charge is 0.493 e. The van der Waals surface area contributed by atoms with Crippen molar-refractivity contribution in [3.63, 3.8) is 0 Å². The van der Waals surface area contributed by atoms with Crippen LogP contribution in [0.15, 0.2) is 10.3 Å². The van der Waals surface area contributed by atoms with Crippen LogP contribution < -0.4 is 5.32 Å². The van der Waals surface area contributed by atoms with E-state index in [9.17, 15) is 0 Å². The van der Waals surface area contributed by atoms with E-state index in [1.807, 2.05) is 0 Å². The smallest absolute Gasteiger partial charge is 0.145 e. The van der Waals surface area contributed by atoms with Crippen molar-refractivity contribution in [1.29, 1.82) is 0 Å². The molecule has 0 amide bonds. The molecule has 1 N–H and O–H groups in total. The van der Waals surface area contributed by atoms with Gasteiger partial charge in [0, 0.05) is 6.54 Å². The molecule has 0 saturated carbocycles. The predicted octanol–water partition coefficient (Wildman–Crippen LogP) is 1.67. The highest BCUT2D eigenvalue weighted by atomic mass is 35.5. The first kappa shape index (κ1) is 10.4. The average molecular weight is 204 g/mol. The fourth-order valence-corrected chi connectivity index (χ4v) is 0.863. The molecular formula is C5H8Cl3NO. The lowest BCUT2D eigenvalue weighted by molar-refractivity contribution is 0.177. The maximum atomic E-state index is 5.44. The SMILES string of the molecule is Cl.ClC(Cl)=C1CNCCO1. The summed E-state index contributed by atoms with van der Waals surface area (Å²) in [5.74, 6) is 0.643. The first-order valence-electron chi connectivity index (χ1n) is 2.68. The van der Waals surface area contributed by atoms with Crippen LogP contribution in [0.4, 0.5) is 0 Å². The summed E-state index contributed by atoms with van der Waals surface area (Å²) in [5.41, 5.74) is 0. The quantitative estimate of drug-likeness (QED) is 0.648. The fraction of sp³-hybridized carbons (Fsp3) is 0.600. The molecule has 1 fully saturated rings. The van der Waals surface area contributed by atoms with Crippen molar-refractivity contribution in [1.82, 2.24) is 5.32 Å². The minimum absolute atomic E-state index is 0. The Hall–Kier alpha value is 0.370. The van der Waals surface area contributed by atoms with Crippen molar-refractivity contribution in [2.75, 3.05) is 19.7 Å². The van der Waals surface area contributed by atoms with Crippen LogP contribution in [0.1, 0.15) is 0 Å². The van der Waals surface area contributed by atoms with Crippen molar-refractivity contribution in [2.24, 2.45) is 0 Å². The highest BCUT2D eigenvalue weighted by Crippen LogP contribution is 2.15. The lowest BCUT2D eigenvalue weighted by Gasteiger charge is -2.16. The molecule has 10 heavy (non-hydrogen) atoms. The van der Waals surface area contributed by atoms with E-state index in [0.29, 0.717) is 18.9 Å². The van der Waals surface area contributed by atoms with Crippen molar-refractivity contribution in [3.8, 4) is 0 Å². The molecule has 0 unspecified atom stereocenters. The predicted molar refractivity (Wildman–Crippen MR) is 44.8 cm³/mol. The molecule has 0 aliphatic carbocycles. The van der Waals surface area contributed by atoms with E-state index in [0.717, 1.165) is 6.54 Å². The molecule has 0 aromatic rings. The van der Waals surface area contributed by atoms with E-state index in [-0.39, 0.29) is 16.9 Å². The van der Waals surface area contributed by atoms with Gasteiger partial charge in [-0.2, -0.15) is 0 Å². The Bertz CT molecular complexity index is 125. The monoisotopic (exact) mass is 203 g/mol. The van der Waals surface area contributed by atoms with Gasteiger partial charge in [-0.3, -0.25) is 0 Å². The number of rotatable bonds is 0. The second-order valence-electron chi connectivity index (χ2n) is 1.71. The maximum absolute atomic E-state index is 5.44. The van der Waals surface area contributed by atoms with Crippen LogP contribution in [-0.4, -0.2) is 19.7 Å². The van der Waals surface area contributed by atoms with Gasteiger partial charge in [0.15, 0.2) is 0 Å². The molecule has 0 radical (unpaired) electrons. The van der Waals surface area contributed by atoms with Gasteiger partial charge >= 0.3 is 0 Å². The molecule has 2 nitrogen and oxygen atoms in total. The van der Waals surface area contributed by atoms with E-state index in [2.05, 4.69) is 5.32 Å². The minimum Gasteiger partial charge on any atom is -0.493 e. The Morgan fingerprint density at radius 2 is 2.20 bits per heavy atom. The van der Waals surface area contributed by atoms with Crippen molar-refractivity contribution in [3.05, 3.63) is 10.3 Å². The highest BCUT2D eigenvalue weighted by molar-refractivity contribution is 6.56. The van der Waals surface area contributed by atoms with Crippen LogP contribution in [0.2, 0.25) is 0 Å². The number of morpholine rings is 1. The number of hydrogen-bond donors (Lipinski definition) is 1. The van der Waals surface area contributed by atoms with Crippen LogP contribution in [0.25, 0.3) is 0 Å². The second-order valence-corrected chi connectivity index (χ2v) is 2.66. The Kier molecular flexibility index (Phi) is 5.27. The summed E-state index contributed by atoms with van der Waals surface area (Å²) in [7, 11) is 0. The van der Waals surface area contributed by atoms with Crippen molar-refractivity contribution in [2.45, 2.75) is 0 Å². The standard InChI is InChI=1S/C5H7Cl2NO.ClH/c6-5(7)4-3-8-1-2-9-4;/h8H,1-3H2;1H. The van der Waals surface area contributed by atoms with E-state index < -0.39 is 0 Å². The summed E-state index contributed by atoms with van der Waals surface area (Å²) in [6, 6.07) is 0. The van der Waals surface area contributed by atoms with Crippen LogP contribution in [-0.2, 0) is 4.74 Å². The number of nitrogens with one attached hydrogen (secondary N) is 1. The molecule has 0 atom stereocenters. The zero-order valence-corrected chi connectivity index (χ0v) is 7.52. The maximum Gasteiger partial charge on any atom is 0.145 e. The fourth-order valence-electron chi connectivity index (χ4n) is 0.621. The molecule has 1 rings (SSSR count). The molecule has 0 spiro atoms. The van der Waals surface area contributed by atoms with Gasteiger partial charge in [-0.25, -0.2) is 0 Å². The third kappa shape index (κ3) is 2.97. The summed E-state index contributed by atoms with van der Waals surface area (Å²) in [4.78, 5) is 0. The summed E-state index contributed by atoms with van der Waals surface area (Å²) >= 11 is 10.9. The normalized spacial score (nSPS) is 17.2. The molecule has 1 heterocycles. The summed E-state index contributed by atoms with van der Waals surface area (Å²) in [5, 5.41) is 3.06. The Morgan fingerprint density at radius 3 is 2.50 bits per heavy atom. The third-order valence-corrected chi connectivity index (χ3v) is 1.47. The molecule has 60 valence electrons. The van der Waals surface area contributed by atoms with Gasteiger partial charge in [-0.05, 0) is 0 Å². The van der Waals surface area contributed by atoms with E-state index in [1.165, 1.54) is 0 Å².